The van der Waals surface area contributed by atoms with Gasteiger partial charge in [-0.25, -0.2) is 0 Å². The highest BCUT2D eigenvalue weighted by Gasteiger charge is 2.48. The average molecular weight is 458 g/mol. The second-order valence-electron chi connectivity index (χ2n) is 7.28. The predicted octanol–water partition coefficient (Wildman–Crippen LogP) is 5.24. The molecule has 1 atom stereocenters. The van der Waals surface area contributed by atoms with Crippen molar-refractivity contribution in [2.75, 3.05) is 7.11 Å². The van der Waals surface area contributed by atoms with Gasteiger partial charge in [0.15, 0.2) is 0 Å². The standard InChI is InChI=1S/C23H20ClNO5S/c1-12-9-15(22(29-3)16(24)10-12)20(26)18-19(17-7-6-13(2)30-17)25(23(28)21(18)27)11-14-5-4-8-31-14/h4-10,19,26H,11H2,1-3H3/b20-18+. The van der Waals surface area contributed by atoms with Crippen molar-refractivity contribution in [1.29, 1.82) is 0 Å². The summed E-state index contributed by atoms with van der Waals surface area (Å²) in [6.07, 6.45) is 0. The van der Waals surface area contributed by atoms with E-state index in [-0.39, 0.29) is 29.2 Å². The average Bonchev–Trinajstić information content (AvgIpc) is 3.44. The molecular formula is C23H20ClNO5S. The number of Topliss-reactive ketones (excluding diaryl/α,β-unsaturated/α-hetero) is 1. The zero-order chi connectivity index (χ0) is 22.3. The Morgan fingerprint density at radius 2 is 2.03 bits per heavy atom. The van der Waals surface area contributed by atoms with E-state index in [4.69, 9.17) is 20.8 Å². The molecule has 4 rings (SSSR count). The van der Waals surface area contributed by atoms with Crippen molar-refractivity contribution in [2.45, 2.75) is 26.4 Å². The highest BCUT2D eigenvalue weighted by Crippen LogP contribution is 2.43. The number of methoxy groups -OCH3 is 1. The summed E-state index contributed by atoms with van der Waals surface area (Å²) in [5.74, 6) is -0.586. The molecule has 1 aliphatic heterocycles. The number of hydrogen-bond acceptors (Lipinski definition) is 6. The van der Waals surface area contributed by atoms with Crippen LogP contribution in [0, 0.1) is 13.8 Å². The third-order valence-corrected chi connectivity index (χ3v) is 6.27. The minimum atomic E-state index is -0.875. The van der Waals surface area contributed by atoms with Crippen LogP contribution in [-0.4, -0.2) is 28.8 Å². The van der Waals surface area contributed by atoms with Gasteiger partial charge in [0, 0.05) is 4.88 Å². The van der Waals surface area contributed by atoms with Crippen LogP contribution in [0.5, 0.6) is 5.75 Å². The van der Waals surface area contributed by atoms with Crippen molar-refractivity contribution in [3.05, 3.63) is 79.9 Å². The van der Waals surface area contributed by atoms with Gasteiger partial charge in [0.2, 0.25) is 0 Å². The van der Waals surface area contributed by atoms with Gasteiger partial charge >= 0.3 is 0 Å². The smallest absolute Gasteiger partial charge is 0.296 e. The molecule has 0 bridgehead atoms. The van der Waals surface area contributed by atoms with Crippen LogP contribution in [0.1, 0.15) is 33.6 Å². The van der Waals surface area contributed by atoms with E-state index in [1.54, 1.807) is 31.2 Å². The Balaban J connectivity index is 1.92. The van der Waals surface area contributed by atoms with Crippen LogP contribution in [0.2, 0.25) is 5.02 Å². The number of amides is 1. The summed E-state index contributed by atoms with van der Waals surface area (Å²) >= 11 is 7.77. The Morgan fingerprint density at radius 3 is 2.65 bits per heavy atom. The number of halogens is 1. The monoisotopic (exact) mass is 457 g/mol. The molecule has 1 aromatic carbocycles. The van der Waals surface area contributed by atoms with E-state index in [1.807, 2.05) is 24.4 Å². The predicted molar refractivity (Wildman–Crippen MR) is 118 cm³/mol. The molecule has 1 saturated heterocycles. The van der Waals surface area contributed by atoms with Gasteiger partial charge in [0.25, 0.3) is 11.7 Å². The lowest BCUT2D eigenvalue weighted by Crippen LogP contribution is -2.28. The maximum atomic E-state index is 13.1. The summed E-state index contributed by atoms with van der Waals surface area (Å²) < 4.78 is 11.2. The molecule has 1 aliphatic rings. The van der Waals surface area contributed by atoms with Crippen LogP contribution >= 0.6 is 22.9 Å². The fraction of sp³-hybridized carbons (Fsp3) is 0.217. The normalized spacial score (nSPS) is 18.1. The zero-order valence-electron chi connectivity index (χ0n) is 17.1. The van der Waals surface area contributed by atoms with Crippen molar-refractivity contribution in [3.8, 4) is 5.75 Å². The van der Waals surface area contributed by atoms with Gasteiger partial charge in [-0.1, -0.05) is 17.7 Å². The van der Waals surface area contributed by atoms with E-state index < -0.39 is 17.7 Å². The van der Waals surface area contributed by atoms with Crippen LogP contribution in [-0.2, 0) is 16.1 Å². The fourth-order valence-corrected chi connectivity index (χ4v) is 4.82. The Hall–Kier alpha value is -3.03. The van der Waals surface area contributed by atoms with Gasteiger partial charge in [-0.3, -0.25) is 9.59 Å². The van der Waals surface area contributed by atoms with Gasteiger partial charge in [0.05, 0.1) is 29.8 Å². The number of aliphatic hydroxyl groups excluding tert-OH is 1. The minimum Gasteiger partial charge on any atom is -0.507 e. The number of carbonyl (C=O) groups excluding carboxylic acids is 2. The topological polar surface area (TPSA) is 80.0 Å². The van der Waals surface area contributed by atoms with Gasteiger partial charge in [-0.05, 0) is 55.1 Å². The Kier molecular flexibility index (Phi) is 5.64. The molecule has 160 valence electrons. The molecule has 0 radical (unpaired) electrons. The maximum absolute atomic E-state index is 13.1. The molecule has 0 aliphatic carbocycles. The molecule has 2 aromatic heterocycles. The lowest BCUT2D eigenvalue weighted by Gasteiger charge is -2.23. The molecule has 3 aromatic rings. The summed E-state index contributed by atoms with van der Waals surface area (Å²) in [5, 5.41) is 13.4. The first-order chi connectivity index (χ1) is 14.8. The first kappa shape index (κ1) is 21.2. The number of hydrogen-bond donors (Lipinski definition) is 1. The first-order valence-electron chi connectivity index (χ1n) is 9.53. The molecular weight excluding hydrogens is 438 g/mol. The minimum absolute atomic E-state index is 0.0594. The van der Waals surface area contributed by atoms with Crippen molar-refractivity contribution in [2.24, 2.45) is 0 Å². The number of carbonyl (C=O) groups is 2. The number of benzene rings is 1. The molecule has 1 fully saturated rings. The van der Waals surface area contributed by atoms with Crippen LogP contribution in [0.4, 0.5) is 0 Å². The number of aryl methyl sites for hydroxylation is 2. The van der Waals surface area contributed by atoms with Crippen LogP contribution in [0.25, 0.3) is 5.76 Å². The highest BCUT2D eigenvalue weighted by atomic mass is 35.5. The Labute approximate surface area is 188 Å². The lowest BCUT2D eigenvalue weighted by atomic mass is 9.98. The second-order valence-corrected chi connectivity index (χ2v) is 8.72. The molecule has 3 heterocycles. The van der Waals surface area contributed by atoms with E-state index in [0.717, 1.165) is 10.4 Å². The Morgan fingerprint density at radius 1 is 1.26 bits per heavy atom. The first-order valence-corrected chi connectivity index (χ1v) is 10.8. The van der Waals surface area contributed by atoms with E-state index in [0.29, 0.717) is 16.5 Å². The number of nitrogens with zero attached hydrogens (tertiary/aromatic N) is 1. The van der Waals surface area contributed by atoms with Gasteiger partial charge in [-0.2, -0.15) is 0 Å². The molecule has 1 N–H and O–H groups in total. The molecule has 31 heavy (non-hydrogen) atoms. The highest BCUT2D eigenvalue weighted by molar-refractivity contribution is 7.09. The largest absolute Gasteiger partial charge is 0.507 e. The number of ether oxygens (including phenoxy) is 1. The summed E-state index contributed by atoms with van der Waals surface area (Å²) in [5.41, 5.74) is 0.955. The summed E-state index contributed by atoms with van der Waals surface area (Å²) in [4.78, 5) is 28.4. The Bertz CT molecular complexity index is 1190. The number of rotatable bonds is 5. The van der Waals surface area contributed by atoms with Crippen LogP contribution in [0.15, 0.2) is 51.8 Å². The number of likely N-dealkylation sites (tertiary alicyclic amines) is 1. The van der Waals surface area contributed by atoms with Crippen molar-refractivity contribution >= 4 is 40.4 Å². The third kappa shape index (κ3) is 3.75. The number of furan rings is 1. The van der Waals surface area contributed by atoms with Crippen LogP contribution < -0.4 is 4.74 Å². The van der Waals surface area contributed by atoms with E-state index in [2.05, 4.69) is 0 Å². The molecule has 8 heteroatoms. The van der Waals surface area contributed by atoms with E-state index in [1.165, 1.54) is 23.3 Å². The van der Waals surface area contributed by atoms with Crippen molar-refractivity contribution in [1.82, 2.24) is 4.90 Å². The number of thiophene rings is 1. The van der Waals surface area contributed by atoms with Crippen molar-refractivity contribution < 1.29 is 23.8 Å². The van der Waals surface area contributed by atoms with E-state index in [9.17, 15) is 14.7 Å². The molecule has 0 spiro atoms. The third-order valence-electron chi connectivity index (χ3n) is 5.12. The number of aliphatic hydroxyl groups is 1. The number of ketones is 1. The fourth-order valence-electron chi connectivity index (χ4n) is 3.77. The van der Waals surface area contributed by atoms with Gasteiger partial charge < -0.3 is 19.2 Å². The second kappa shape index (κ2) is 8.24. The SMILES string of the molecule is COc1c(Cl)cc(C)cc1/C(O)=C1\C(=O)C(=O)N(Cc2cccs2)C1c1ccc(C)o1. The lowest BCUT2D eigenvalue weighted by molar-refractivity contribution is -0.140. The summed E-state index contributed by atoms with van der Waals surface area (Å²) in [6.45, 7) is 3.80. The van der Waals surface area contributed by atoms with Gasteiger partial charge in [-0.15, -0.1) is 11.3 Å². The van der Waals surface area contributed by atoms with E-state index >= 15 is 0 Å². The maximum Gasteiger partial charge on any atom is 0.296 e. The molecule has 6 nitrogen and oxygen atoms in total. The summed E-state index contributed by atoms with van der Waals surface area (Å²) in [6, 6.07) is 9.71. The molecule has 1 amide bonds. The van der Waals surface area contributed by atoms with Crippen LogP contribution in [0.3, 0.4) is 0 Å². The quantitative estimate of drug-likeness (QED) is 0.322. The van der Waals surface area contributed by atoms with Gasteiger partial charge in [0.1, 0.15) is 29.1 Å². The molecule has 1 unspecified atom stereocenters. The van der Waals surface area contributed by atoms with Crippen molar-refractivity contribution in [3.63, 3.8) is 0 Å². The zero-order valence-corrected chi connectivity index (χ0v) is 18.7. The molecule has 0 saturated carbocycles. The summed E-state index contributed by atoms with van der Waals surface area (Å²) in [7, 11) is 1.43.